The highest BCUT2D eigenvalue weighted by molar-refractivity contribution is 7.92. The lowest BCUT2D eigenvalue weighted by Gasteiger charge is -2.11. The molecule has 0 radical (unpaired) electrons. The first kappa shape index (κ1) is 14.5. The summed E-state index contributed by atoms with van der Waals surface area (Å²) in [5.74, 6) is 0.178. The molecule has 1 unspecified atom stereocenters. The number of hydrogen-bond acceptors (Lipinski definition) is 5. The zero-order valence-corrected chi connectivity index (χ0v) is 12.3. The number of sulfonamides is 1. The summed E-state index contributed by atoms with van der Waals surface area (Å²) in [5.41, 5.74) is 1.02. The summed E-state index contributed by atoms with van der Waals surface area (Å²) >= 11 is 0. The molecule has 1 atom stereocenters. The van der Waals surface area contributed by atoms with Crippen molar-refractivity contribution in [2.45, 2.75) is 17.9 Å². The Labute approximate surface area is 118 Å². The molecule has 2 aromatic rings. The number of aryl methyl sites for hydroxylation is 1. The number of benzene rings is 1. The van der Waals surface area contributed by atoms with Crippen LogP contribution in [0.4, 0.5) is 5.95 Å². The lowest BCUT2D eigenvalue weighted by Crippen LogP contribution is -2.17. The molecule has 20 heavy (non-hydrogen) atoms. The lowest BCUT2D eigenvalue weighted by atomic mass is 10.1. The predicted molar refractivity (Wildman–Crippen MR) is 75.7 cm³/mol. The number of hydrogen-bond donors (Lipinski definition) is 2. The van der Waals surface area contributed by atoms with Gasteiger partial charge in [-0.25, -0.2) is 17.8 Å². The van der Waals surface area contributed by atoms with E-state index in [9.17, 15) is 8.42 Å². The Morgan fingerprint density at radius 3 is 2.40 bits per heavy atom. The molecule has 2 N–H and O–H groups in total. The molecule has 0 aliphatic heterocycles. The second-order valence-corrected chi connectivity index (χ2v) is 6.07. The molecule has 1 aromatic carbocycles. The number of rotatable bonds is 5. The molecule has 0 aliphatic rings. The molecule has 0 saturated carbocycles. The van der Waals surface area contributed by atoms with Gasteiger partial charge in [0, 0.05) is 13.1 Å². The van der Waals surface area contributed by atoms with E-state index >= 15 is 0 Å². The van der Waals surface area contributed by atoms with Gasteiger partial charge in [0.05, 0.1) is 4.90 Å². The van der Waals surface area contributed by atoms with Crippen LogP contribution in [0.3, 0.4) is 0 Å². The van der Waals surface area contributed by atoms with Gasteiger partial charge in [0.1, 0.15) is 6.33 Å². The first-order valence-corrected chi connectivity index (χ1v) is 7.56. The monoisotopic (exact) mass is 295 g/mol. The minimum atomic E-state index is -3.65. The highest BCUT2D eigenvalue weighted by Crippen LogP contribution is 2.17. The molecule has 1 aromatic heterocycles. The molecule has 0 bridgehead atoms. The Kier molecular flexibility index (Phi) is 4.05. The fourth-order valence-corrected chi connectivity index (χ4v) is 2.71. The molecule has 8 heteroatoms. The van der Waals surface area contributed by atoms with Crippen LogP contribution in [0.25, 0.3) is 0 Å². The van der Waals surface area contributed by atoms with Crippen molar-refractivity contribution < 1.29 is 8.42 Å². The first-order valence-electron chi connectivity index (χ1n) is 6.08. The van der Waals surface area contributed by atoms with Gasteiger partial charge in [-0.2, -0.15) is 10.1 Å². The average Bonchev–Trinajstić information content (AvgIpc) is 2.83. The average molecular weight is 295 g/mol. The van der Waals surface area contributed by atoms with Crippen LogP contribution in [0.1, 0.15) is 18.5 Å². The van der Waals surface area contributed by atoms with Crippen LogP contribution >= 0.6 is 0 Å². The van der Waals surface area contributed by atoms with Crippen molar-refractivity contribution in [3.05, 3.63) is 36.2 Å². The molecule has 1 heterocycles. The third-order valence-corrected chi connectivity index (χ3v) is 4.40. The van der Waals surface area contributed by atoms with E-state index < -0.39 is 10.0 Å². The minimum absolute atomic E-state index is 0.165. The number of nitrogens with one attached hydrogen (secondary N) is 2. The van der Waals surface area contributed by atoms with E-state index in [0.29, 0.717) is 0 Å². The topological polar surface area (TPSA) is 88.9 Å². The summed E-state index contributed by atoms with van der Waals surface area (Å²) in [6.45, 7) is 2.00. The Morgan fingerprint density at radius 2 is 1.90 bits per heavy atom. The maximum Gasteiger partial charge on any atom is 0.264 e. The van der Waals surface area contributed by atoms with Gasteiger partial charge in [-0.3, -0.25) is 0 Å². The van der Waals surface area contributed by atoms with Crippen molar-refractivity contribution in [3.8, 4) is 0 Å². The standard InChI is InChI=1S/C12H17N5O2S/c1-9(13-2)10-4-6-11(7-5-10)20(18,19)16-12-14-8-15-17(12)3/h4-9,13H,1-3H3,(H,14,15,16). The second-order valence-electron chi connectivity index (χ2n) is 4.39. The van der Waals surface area contributed by atoms with E-state index in [4.69, 9.17) is 0 Å². The molecular weight excluding hydrogens is 278 g/mol. The summed E-state index contributed by atoms with van der Waals surface area (Å²) < 4.78 is 28.1. The third-order valence-electron chi connectivity index (χ3n) is 3.06. The molecule has 108 valence electrons. The van der Waals surface area contributed by atoms with Crippen LogP contribution in [-0.2, 0) is 17.1 Å². The highest BCUT2D eigenvalue weighted by atomic mass is 32.2. The van der Waals surface area contributed by atoms with Gasteiger partial charge in [-0.15, -0.1) is 0 Å². The highest BCUT2D eigenvalue weighted by Gasteiger charge is 2.17. The molecule has 0 aliphatic carbocycles. The van der Waals surface area contributed by atoms with Crippen molar-refractivity contribution in [1.82, 2.24) is 20.1 Å². The van der Waals surface area contributed by atoms with Gasteiger partial charge in [0.15, 0.2) is 0 Å². The van der Waals surface area contributed by atoms with Crippen molar-refractivity contribution in [2.24, 2.45) is 7.05 Å². The molecular formula is C12H17N5O2S. The molecule has 0 fully saturated rings. The van der Waals surface area contributed by atoms with Gasteiger partial charge in [0.2, 0.25) is 5.95 Å². The summed E-state index contributed by atoms with van der Waals surface area (Å²) in [4.78, 5) is 4.02. The Morgan fingerprint density at radius 1 is 1.25 bits per heavy atom. The number of nitrogens with zero attached hydrogens (tertiary/aromatic N) is 3. The van der Waals surface area contributed by atoms with E-state index in [0.717, 1.165) is 5.56 Å². The Hall–Kier alpha value is -1.93. The quantitative estimate of drug-likeness (QED) is 0.855. The number of aromatic nitrogens is 3. The van der Waals surface area contributed by atoms with Crippen LogP contribution < -0.4 is 10.0 Å². The normalized spacial score (nSPS) is 13.2. The zero-order valence-electron chi connectivity index (χ0n) is 11.5. The Balaban J connectivity index is 2.24. The zero-order chi connectivity index (χ0) is 14.8. The molecule has 0 saturated heterocycles. The van der Waals surface area contributed by atoms with E-state index in [1.807, 2.05) is 14.0 Å². The van der Waals surface area contributed by atoms with Crippen molar-refractivity contribution >= 4 is 16.0 Å². The smallest absolute Gasteiger partial charge is 0.264 e. The first-order chi connectivity index (χ1) is 9.44. The van der Waals surface area contributed by atoms with E-state index in [2.05, 4.69) is 20.1 Å². The van der Waals surface area contributed by atoms with Gasteiger partial charge in [-0.05, 0) is 31.7 Å². The Bertz CT molecular complexity index is 678. The molecule has 0 amide bonds. The van der Waals surface area contributed by atoms with Crippen LogP contribution in [0, 0.1) is 0 Å². The molecule has 2 rings (SSSR count). The van der Waals surface area contributed by atoms with Gasteiger partial charge in [0.25, 0.3) is 10.0 Å². The summed E-state index contributed by atoms with van der Waals surface area (Å²) in [5, 5.41) is 6.91. The minimum Gasteiger partial charge on any atom is -0.313 e. The maximum absolute atomic E-state index is 12.2. The van der Waals surface area contributed by atoms with Gasteiger partial charge >= 0.3 is 0 Å². The van der Waals surface area contributed by atoms with Crippen LogP contribution in [0.5, 0.6) is 0 Å². The van der Waals surface area contributed by atoms with Crippen molar-refractivity contribution in [2.75, 3.05) is 11.8 Å². The lowest BCUT2D eigenvalue weighted by molar-refractivity contribution is 0.599. The summed E-state index contributed by atoms with van der Waals surface area (Å²) in [6.07, 6.45) is 1.29. The predicted octanol–water partition coefficient (Wildman–Crippen LogP) is 0.896. The summed E-state index contributed by atoms with van der Waals surface area (Å²) in [7, 11) is -0.183. The number of anilines is 1. The summed E-state index contributed by atoms with van der Waals surface area (Å²) in [6, 6.07) is 6.88. The van der Waals surface area contributed by atoms with Crippen LogP contribution in [0.15, 0.2) is 35.5 Å². The van der Waals surface area contributed by atoms with Gasteiger partial charge in [-0.1, -0.05) is 12.1 Å². The van der Waals surface area contributed by atoms with E-state index in [-0.39, 0.29) is 16.9 Å². The van der Waals surface area contributed by atoms with Crippen molar-refractivity contribution in [3.63, 3.8) is 0 Å². The van der Waals surface area contributed by atoms with Gasteiger partial charge < -0.3 is 5.32 Å². The van der Waals surface area contributed by atoms with Crippen LogP contribution in [-0.4, -0.2) is 30.2 Å². The molecule has 0 spiro atoms. The maximum atomic E-state index is 12.2. The third kappa shape index (κ3) is 2.97. The van der Waals surface area contributed by atoms with Crippen LogP contribution in [0.2, 0.25) is 0 Å². The second kappa shape index (κ2) is 5.59. The fraction of sp³-hybridized carbons (Fsp3) is 0.333. The largest absolute Gasteiger partial charge is 0.313 e. The SMILES string of the molecule is CNC(C)c1ccc(S(=O)(=O)Nc2ncnn2C)cc1. The van der Waals surface area contributed by atoms with Crippen molar-refractivity contribution in [1.29, 1.82) is 0 Å². The molecule has 7 nitrogen and oxygen atoms in total. The van der Waals surface area contributed by atoms with E-state index in [1.54, 1.807) is 31.3 Å². The fourth-order valence-electron chi connectivity index (χ4n) is 1.67. The van der Waals surface area contributed by atoms with E-state index in [1.165, 1.54) is 11.0 Å².